The fraction of sp³-hybridized carbons (Fsp3) is 0.136. The number of pyridine rings is 1. The molecule has 0 unspecified atom stereocenters. The van der Waals surface area contributed by atoms with Crippen LogP contribution in [0.3, 0.4) is 0 Å². The molecule has 0 saturated heterocycles. The molecule has 0 aliphatic carbocycles. The number of halogens is 1. The summed E-state index contributed by atoms with van der Waals surface area (Å²) in [4.78, 5) is 0. The monoisotopic (exact) mass is 441 g/mol. The maximum absolute atomic E-state index is 5.93. The normalized spacial score (nSPS) is 10.6. The minimum atomic E-state index is 0. The molecule has 2 nitrogen and oxygen atoms in total. The molecule has 1 heterocycles. The van der Waals surface area contributed by atoms with Crippen LogP contribution in [0, 0.1) is 6.92 Å². The Labute approximate surface area is 165 Å². The molecule has 1 aromatic heterocycles. The number of aromatic nitrogens is 1. The third-order valence-electron chi connectivity index (χ3n) is 4.35. The quantitative estimate of drug-likeness (QED) is 0.267. The Balaban J connectivity index is 0.00000182. The maximum Gasteiger partial charge on any atom is 0.220 e. The van der Waals surface area contributed by atoms with Crippen LogP contribution in [-0.4, -0.2) is 6.61 Å². The van der Waals surface area contributed by atoms with Gasteiger partial charge < -0.3 is 28.7 Å². The summed E-state index contributed by atoms with van der Waals surface area (Å²) in [5.41, 5.74) is 2.49. The summed E-state index contributed by atoms with van der Waals surface area (Å²) in [5.74, 6) is 0.931. The largest absolute Gasteiger partial charge is 1.00 e. The topological polar surface area (TPSA) is 13.1 Å². The van der Waals surface area contributed by atoms with E-state index in [1.54, 1.807) is 0 Å². The average molecular weight is 441 g/mol. The lowest BCUT2D eigenvalue weighted by molar-refractivity contribution is -0.671. The number of ether oxygens (including phenoxy) is 1. The van der Waals surface area contributed by atoms with Crippen LogP contribution in [0.25, 0.3) is 21.7 Å². The standard InChI is InChI=1S/C22H20NO.HI/c1-17-6-4-9-20(16-17)24-15-14-23-13-5-8-19-12-11-18-7-2-3-10-21(18)22(19)23;/h2-13,16H,14-15H2,1H3;1H/q+1;/p-1. The molecule has 0 radical (unpaired) electrons. The first-order valence-corrected chi connectivity index (χ1v) is 8.31. The van der Waals surface area contributed by atoms with Crippen LogP contribution in [0.1, 0.15) is 5.56 Å². The molecule has 0 N–H and O–H groups in total. The second-order valence-corrected chi connectivity index (χ2v) is 6.09. The lowest BCUT2D eigenvalue weighted by Crippen LogP contribution is -3.00. The van der Waals surface area contributed by atoms with Crippen LogP contribution >= 0.6 is 0 Å². The highest BCUT2D eigenvalue weighted by molar-refractivity contribution is 6.03. The zero-order valence-electron chi connectivity index (χ0n) is 14.2. The summed E-state index contributed by atoms with van der Waals surface area (Å²) in [6.45, 7) is 3.55. The number of rotatable bonds is 4. The second-order valence-electron chi connectivity index (χ2n) is 6.09. The molecular formula is C22H20INO. The van der Waals surface area contributed by atoms with Gasteiger partial charge in [0.1, 0.15) is 12.4 Å². The Kier molecular flexibility index (Phi) is 5.53. The van der Waals surface area contributed by atoms with E-state index >= 15 is 0 Å². The van der Waals surface area contributed by atoms with Crippen molar-refractivity contribution in [2.75, 3.05) is 6.61 Å². The zero-order chi connectivity index (χ0) is 16.4. The van der Waals surface area contributed by atoms with Crippen molar-refractivity contribution in [3.05, 3.63) is 84.6 Å². The van der Waals surface area contributed by atoms with Gasteiger partial charge in [-0.3, -0.25) is 0 Å². The first-order chi connectivity index (χ1) is 11.8. The molecular weight excluding hydrogens is 421 g/mol. The van der Waals surface area contributed by atoms with Crippen molar-refractivity contribution < 1.29 is 33.3 Å². The zero-order valence-corrected chi connectivity index (χ0v) is 16.3. The van der Waals surface area contributed by atoms with Gasteiger partial charge in [0.2, 0.25) is 5.52 Å². The summed E-state index contributed by atoms with van der Waals surface area (Å²) in [6, 6.07) is 25.4. The van der Waals surface area contributed by atoms with Crippen molar-refractivity contribution in [2.24, 2.45) is 0 Å². The first-order valence-electron chi connectivity index (χ1n) is 8.31. The van der Waals surface area contributed by atoms with Crippen LogP contribution in [-0.2, 0) is 6.54 Å². The van der Waals surface area contributed by atoms with E-state index in [0.717, 1.165) is 12.3 Å². The van der Waals surface area contributed by atoms with E-state index < -0.39 is 0 Å². The van der Waals surface area contributed by atoms with Crippen LogP contribution < -0.4 is 33.3 Å². The van der Waals surface area contributed by atoms with E-state index in [-0.39, 0.29) is 24.0 Å². The number of fused-ring (bicyclic) bond motifs is 3. The van der Waals surface area contributed by atoms with Crippen molar-refractivity contribution in [1.29, 1.82) is 0 Å². The first kappa shape index (κ1) is 17.7. The third kappa shape index (κ3) is 3.76. The highest BCUT2D eigenvalue weighted by Crippen LogP contribution is 2.22. The smallest absolute Gasteiger partial charge is 0.220 e. The van der Waals surface area contributed by atoms with Crippen molar-refractivity contribution in [2.45, 2.75) is 13.5 Å². The molecule has 3 heteroatoms. The molecule has 25 heavy (non-hydrogen) atoms. The number of nitrogens with zero attached hydrogens (tertiary/aromatic N) is 1. The predicted octanol–water partition coefficient (Wildman–Crippen LogP) is 1.67. The van der Waals surface area contributed by atoms with Gasteiger partial charge in [0.25, 0.3) is 0 Å². The molecule has 0 aliphatic heterocycles. The van der Waals surface area contributed by atoms with Gasteiger partial charge in [-0.15, -0.1) is 0 Å². The molecule has 3 aromatic carbocycles. The van der Waals surface area contributed by atoms with Crippen LogP contribution in [0.4, 0.5) is 0 Å². The lowest BCUT2D eigenvalue weighted by Gasteiger charge is -2.07. The minimum absolute atomic E-state index is 0. The van der Waals surface area contributed by atoms with Gasteiger partial charge in [0.15, 0.2) is 12.7 Å². The van der Waals surface area contributed by atoms with Crippen LogP contribution in [0.15, 0.2) is 79.0 Å². The highest BCUT2D eigenvalue weighted by atomic mass is 127. The Morgan fingerprint density at radius 2 is 1.64 bits per heavy atom. The lowest BCUT2D eigenvalue weighted by atomic mass is 10.1. The van der Waals surface area contributed by atoms with Gasteiger partial charge in [-0.2, -0.15) is 4.57 Å². The van der Waals surface area contributed by atoms with Crippen LogP contribution in [0.2, 0.25) is 0 Å². The van der Waals surface area contributed by atoms with E-state index in [1.165, 1.54) is 27.2 Å². The van der Waals surface area contributed by atoms with Crippen molar-refractivity contribution in [3.63, 3.8) is 0 Å². The Hall–Kier alpha value is -2.14. The Bertz CT molecular complexity index is 1010. The Morgan fingerprint density at radius 3 is 2.52 bits per heavy atom. The van der Waals surface area contributed by atoms with Gasteiger partial charge >= 0.3 is 0 Å². The van der Waals surface area contributed by atoms with Gasteiger partial charge in [-0.25, -0.2) is 0 Å². The van der Waals surface area contributed by atoms with Crippen LogP contribution in [0.5, 0.6) is 5.75 Å². The SMILES string of the molecule is Cc1cccc(OCC[n+]2cccc3ccc4ccccc4c32)c1.[I-]. The van der Waals surface area contributed by atoms with Crippen molar-refractivity contribution in [3.8, 4) is 5.75 Å². The molecule has 4 rings (SSSR count). The van der Waals surface area contributed by atoms with Crippen molar-refractivity contribution >= 4 is 21.7 Å². The molecule has 0 bridgehead atoms. The van der Waals surface area contributed by atoms with Crippen molar-refractivity contribution in [1.82, 2.24) is 0 Å². The van der Waals surface area contributed by atoms with E-state index in [1.807, 2.05) is 12.1 Å². The molecule has 126 valence electrons. The number of hydrogen-bond donors (Lipinski definition) is 0. The summed E-state index contributed by atoms with van der Waals surface area (Å²) in [6.07, 6.45) is 2.13. The molecule has 0 fully saturated rings. The van der Waals surface area contributed by atoms with Gasteiger partial charge in [0, 0.05) is 11.5 Å². The van der Waals surface area contributed by atoms with Gasteiger partial charge in [0.05, 0.1) is 5.39 Å². The number of hydrogen-bond acceptors (Lipinski definition) is 1. The second kappa shape index (κ2) is 7.83. The maximum atomic E-state index is 5.93. The average Bonchev–Trinajstić information content (AvgIpc) is 2.62. The van der Waals surface area contributed by atoms with Gasteiger partial charge in [-0.05, 0) is 48.2 Å². The molecule has 0 amide bonds. The number of benzene rings is 3. The van der Waals surface area contributed by atoms with E-state index in [2.05, 4.69) is 78.4 Å². The summed E-state index contributed by atoms with van der Waals surface area (Å²) >= 11 is 0. The van der Waals surface area contributed by atoms with E-state index in [0.29, 0.717) is 6.61 Å². The third-order valence-corrected chi connectivity index (χ3v) is 4.35. The minimum Gasteiger partial charge on any atom is -1.00 e. The molecule has 0 saturated carbocycles. The number of aryl methyl sites for hydroxylation is 1. The van der Waals surface area contributed by atoms with E-state index in [4.69, 9.17) is 4.74 Å². The highest BCUT2D eigenvalue weighted by Gasteiger charge is 2.12. The fourth-order valence-corrected chi connectivity index (χ4v) is 3.21. The summed E-state index contributed by atoms with van der Waals surface area (Å²) < 4.78 is 8.22. The fourth-order valence-electron chi connectivity index (χ4n) is 3.21. The summed E-state index contributed by atoms with van der Waals surface area (Å²) in [7, 11) is 0. The Morgan fingerprint density at radius 1 is 0.840 bits per heavy atom. The van der Waals surface area contributed by atoms with Gasteiger partial charge in [-0.1, -0.05) is 36.4 Å². The molecule has 0 spiro atoms. The predicted molar refractivity (Wildman–Crippen MR) is 98.3 cm³/mol. The molecule has 4 aromatic rings. The summed E-state index contributed by atoms with van der Waals surface area (Å²) in [5, 5.41) is 3.81. The molecule has 0 aliphatic rings. The van der Waals surface area contributed by atoms with E-state index in [9.17, 15) is 0 Å². The molecule has 0 atom stereocenters.